The number of carbonyl (C=O) groups is 2. The number of anilines is 1. The Kier molecular flexibility index (Phi) is 7.14. The van der Waals surface area contributed by atoms with Gasteiger partial charge in [-0.25, -0.2) is 10.2 Å². The zero-order valence-corrected chi connectivity index (χ0v) is 12.7. The SMILES string of the molecule is CCOC(=O)/C(CCCCC(=O)O)=N/Nc1n[nH]c(C(F)(F)F)n1. The predicted octanol–water partition coefficient (Wildman–Crippen LogP) is 1.80. The summed E-state index contributed by atoms with van der Waals surface area (Å²) in [5.74, 6) is -3.50. The molecule has 0 spiro atoms. The first-order valence-electron chi connectivity index (χ1n) is 6.95. The second-order valence-electron chi connectivity index (χ2n) is 4.50. The van der Waals surface area contributed by atoms with Crippen molar-refractivity contribution in [1.82, 2.24) is 15.2 Å². The molecule has 0 saturated heterocycles. The molecular formula is C12H16F3N5O4. The molecule has 12 heteroatoms. The average Bonchev–Trinajstić information content (AvgIpc) is 2.95. The maximum Gasteiger partial charge on any atom is 0.451 e. The number of carboxylic acids is 1. The van der Waals surface area contributed by atoms with Crippen molar-refractivity contribution in [3.8, 4) is 0 Å². The Morgan fingerprint density at radius 2 is 2.00 bits per heavy atom. The molecular weight excluding hydrogens is 335 g/mol. The highest BCUT2D eigenvalue weighted by atomic mass is 19.4. The van der Waals surface area contributed by atoms with Gasteiger partial charge >= 0.3 is 18.1 Å². The molecule has 0 saturated carbocycles. The van der Waals surface area contributed by atoms with E-state index in [0.717, 1.165) is 0 Å². The number of H-pyrrole nitrogens is 1. The lowest BCUT2D eigenvalue weighted by atomic mass is 10.1. The quantitative estimate of drug-likeness (QED) is 0.268. The maximum absolute atomic E-state index is 12.4. The van der Waals surface area contributed by atoms with E-state index in [4.69, 9.17) is 9.84 Å². The molecule has 0 unspecified atom stereocenters. The highest BCUT2D eigenvalue weighted by Crippen LogP contribution is 2.26. The van der Waals surface area contributed by atoms with Gasteiger partial charge in [0.15, 0.2) is 0 Å². The molecule has 1 rings (SSSR count). The van der Waals surface area contributed by atoms with Crippen LogP contribution >= 0.6 is 0 Å². The minimum absolute atomic E-state index is 0.0700. The van der Waals surface area contributed by atoms with Gasteiger partial charge in [-0.05, 0) is 26.2 Å². The fraction of sp³-hybridized carbons (Fsp3) is 0.583. The van der Waals surface area contributed by atoms with Gasteiger partial charge in [-0.15, -0.1) is 5.10 Å². The number of aliphatic carboxylic acids is 1. The molecule has 134 valence electrons. The number of rotatable bonds is 9. The van der Waals surface area contributed by atoms with Gasteiger partial charge in [0.2, 0.25) is 5.82 Å². The summed E-state index contributed by atoms with van der Waals surface area (Å²) in [6.45, 7) is 1.67. The number of halogens is 3. The van der Waals surface area contributed by atoms with E-state index in [-0.39, 0.29) is 25.2 Å². The Bertz CT molecular complexity index is 600. The molecule has 1 aromatic rings. The number of nitrogens with zero attached hydrogens (tertiary/aromatic N) is 3. The Morgan fingerprint density at radius 1 is 1.33 bits per heavy atom. The van der Waals surface area contributed by atoms with E-state index in [1.807, 2.05) is 0 Å². The molecule has 0 aromatic carbocycles. The normalized spacial score (nSPS) is 12.1. The molecule has 0 fully saturated rings. The number of aromatic nitrogens is 3. The van der Waals surface area contributed by atoms with Crippen molar-refractivity contribution < 1.29 is 32.6 Å². The van der Waals surface area contributed by atoms with Crippen LogP contribution < -0.4 is 5.43 Å². The number of carbonyl (C=O) groups excluding carboxylic acids is 1. The van der Waals surface area contributed by atoms with E-state index in [9.17, 15) is 22.8 Å². The van der Waals surface area contributed by atoms with Crippen molar-refractivity contribution in [1.29, 1.82) is 0 Å². The predicted molar refractivity (Wildman–Crippen MR) is 75.2 cm³/mol. The Balaban J connectivity index is 2.71. The third kappa shape index (κ3) is 6.62. The van der Waals surface area contributed by atoms with E-state index >= 15 is 0 Å². The third-order valence-corrected chi connectivity index (χ3v) is 2.61. The van der Waals surface area contributed by atoms with E-state index < -0.39 is 29.9 Å². The van der Waals surface area contributed by atoms with Crippen LogP contribution in [-0.4, -0.2) is 44.5 Å². The summed E-state index contributed by atoms with van der Waals surface area (Å²) in [4.78, 5) is 25.3. The molecule has 0 bridgehead atoms. The molecule has 9 nitrogen and oxygen atoms in total. The number of carboxylic acid groups (broad SMARTS) is 1. The van der Waals surface area contributed by atoms with Gasteiger partial charge in [0, 0.05) is 6.42 Å². The minimum atomic E-state index is -4.68. The second-order valence-corrected chi connectivity index (χ2v) is 4.50. The van der Waals surface area contributed by atoms with Crippen molar-refractivity contribution in [2.45, 2.75) is 38.8 Å². The number of esters is 1. The fourth-order valence-electron chi connectivity index (χ4n) is 1.54. The summed E-state index contributed by atoms with van der Waals surface area (Å²) >= 11 is 0. The molecule has 1 aromatic heterocycles. The maximum atomic E-state index is 12.4. The van der Waals surface area contributed by atoms with E-state index in [2.05, 4.69) is 20.6 Å². The number of hydrazone groups is 1. The van der Waals surface area contributed by atoms with Crippen molar-refractivity contribution in [2.75, 3.05) is 12.0 Å². The van der Waals surface area contributed by atoms with Crippen LogP contribution in [0.3, 0.4) is 0 Å². The number of aromatic amines is 1. The molecule has 0 aliphatic carbocycles. The van der Waals surface area contributed by atoms with Gasteiger partial charge in [-0.3, -0.25) is 9.89 Å². The Hall–Kier alpha value is -2.66. The molecule has 0 aliphatic heterocycles. The van der Waals surface area contributed by atoms with Crippen LogP contribution in [0.25, 0.3) is 0 Å². The standard InChI is InChI=1S/C12H16F3N5O4/c1-2-24-9(23)7(5-3-4-6-8(21)22)17-19-11-16-10(18-20-11)12(13,14)15/h2-6H2,1H3,(H,21,22)(H2,16,18,19,20)/b17-7+. The number of alkyl halides is 3. The second kappa shape index (κ2) is 8.84. The summed E-state index contributed by atoms with van der Waals surface area (Å²) < 4.78 is 41.9. The number of nitrogens with one attached hydrogen (secondary N) is 2. The lowest BCUT2D eigenvalue weighted by molar-refractivity contribution is -0.144. The topological polar surface area (TPSA) is 130 Å². The zero-order valence-electron chi connectivity index (χ0n) is 12.7. The Morgan fingerprint density at radius 3 is 2.54 bits per heavy atom. The van der Waals surface area contributed by atoms with Crippen LogP contribution in [0, 0.1) is 0 Å². The van der Waals surface area contributed by atoms with Crippen molar-refractivity contribution >= 4 is 23.6 Å². The highest BCUT2D eigenvalue weighted by molar-refractivity contribution is 6.36. The average molecular weight is 351 g/mol. The summed E-state index contributed by atoms with van der Waals surface area (Å²) in [7, 11) is 0. The van der Waals surface area contributed by atoms with Crippen molar-refractivity contribution in [2.24, 2.45) is 5.10 Å². The lowest BCUT2D eigenvalue weighted by Crippen LogP contribution is -2.19. The summed E-state index contributed by atoms with van der Waals surface area (Å²) in [5, 5.41) is 17.2. The smallest absolute Gasteiger partial charge is 0.451 e. The van der Waals surface area contributed by atoms with E-state index in [1.54, 1.807) is 12.0 Å². The van der Waals surface area contributed by atoms with Crippen molar-refractivity contribution in [3.05, 3.63) is 5.82 Å². The molecule has 0 amide bonds. The molecule has 0 radical (unpaired) electrons. The number of ether oxygens (including phenoxy) is 1. The first-order chi connectivity index (χ1) is 11.2. The molecule has 1 heterocycles. The monoisotopic (exact) mass is 351 g/mol. The highest BCUT2D eigenvalue weighted by Gasteiger charge is 2.35. The van der Waals surface area contributed by atoms with Gasteiger partial charge in [0.25, 0.3) is 5.95 Å². The van der Waals surface area contributed by atoms with E-state index in [1.165, 1.54) is 0 Å². The fourth-order valence-corrected chi connectivity index (χ4v) is 1.54. The summed E-state index contributed by atoms with van der Waals surface area (Å²) in [6, 6.07) is 0. The van der Waals surface area contributed by atoms with Crippen LogP contribution in [0.5, 0.6) is 0 Å². The number of unbranched alkanes of at least 4 members (excludes halogenated alkanes) is 1. The minimum Gasteiger partial charge on any atom is -0.481 e. The summed E-state index contributed by atoms with van der Waals surface area (Å²) in [6.07, 6.45) is -4.01. The van der Waals surface area contributed by atoms with Crippen LogP contribution in [-0.2, 0) is 20.5 Å². The third-order valence-electron chi connectivity index (χ3n) is 2.61. The van der Waals surface area contributed by atoms with E-state index in [0.29, 0.717) is 12.8 Å². The number of hydrogen-bond donors (Lipinski definition) is 3. The van der Waals surface area contributed by atoms with Gasteiger partial charge in [-0.1, -0.05) is 0 Å². The first kappa shape index (κ1) is 19.4. The first-order valence-corrected chi connectivity index (χ1v) is 6.95. The molecule has 0 aliphatic rings. The molecule has 24 heavy (non-hydrogen) atoms. The summed E-state index contributed by atoms with van der Waals surface area (Å²) in [5.41, 5.74) is 2.05. The number of hydrogen-bond acceptors (Lipinski definition) is 7. The largest absolute Gasteiger partial charge is 0.481 e. The van der Waals surface area contributed by atoms with Gasteiger partial charge in [0.05, 0.1) is 6.61 Å². The van der Waals surface area contributed by atoms with Gasteiger partial charge in [-0.2, -0.15) is 23.3 Å². The lowest BCUT2D eigenvalue weighted by Gasteiger charge is -2.05. The van der Waals surface area contributed by atoms with Crippen LogP contribution in [0.15, 0.2) is 5.10 Å². The van der Waals surface area contributed by atoms with Gasteiger partial charge in [0.1, 0.15) is 5.71 Å². The van der Waals surface area contributed by atoms with Crippen LogP contribution in [0.1, 0.15) is 38.4 Å². The zero-order chi connectivity index (χ0) is 18.2. The Labute approximate surface area is 134 Å². The van der Waals surface area contributed by atoms with Gasteiger partial charge < -0.3 is 9.84 Å². The molecule has 3 N–H and O–H groups in total. The van der Waals surface area contributed by atoms with Crippen LogP contribution in [0.4, 0.5) is 19.1 Å². The van der Waals surface area contributed by atoms with Crippen molar-refractivity contribution in [3.63, 3.8) is 0 Å². The molecule has 0 atom stereocenters. The van der Waals surface area contributed by atoms with Crippen LogP contribution in [0.2, 0.25) is 0 Å².